The van der Waals surface area contributed by atoms with E-state index < -0.39 is 0 Å². The first-order valence-electron chi connectivity index (χ1n) is 9.46. The van der Waals surface area contributed by atoms with E-state index in [4.69, 9.17) is 5.73 Å². The zero-order valence-corrected chi connectivity index (χ0v) is 15.2. The molecule has 0 radical (unpaired) electrons. The second kappa shape index (κ2) is 9.84. The molecule has 1 unspecified atom stereocenters. The summed E-state index contributed by atoms with van der Waals surface area (Å²) in [5.41, 5.74) is 6.92. The molecule has 0 amide bonds. The van der Waals surface area contributed by atoms with Crippen molar-refractivity contribution in [1.29, 1.82) is 0 Å². The fourth-order valence-corrected chi connectivity index (χ4v) is 4.00. The molecule has 0 aromatic carbocycles. The van der Waals surface area contributed by atoms with Crippen molar-refractivity contribution in [3.8, 4) is 0 Å². The van der Waals surface area contributed by atoms with Gasteiger partial charge in [-0.1, -0.05) is 58.8 Å². The number of hydrogen-bond acceptors (Lipinski definition) is 2. The number of unbranched alkanes of at least 4 members (excludes halogenated alkanes) is 6. The van der Waals surface area contributed by atoms with Crippen molar-refractivity contribution >= 4 is 0 Å². The Hall–Kier alpha value is -0.0800. The fourth-order valence-electron chi connectivity index (χ4n) is 4.00. The van der Waals surface area contributed by atoms with E-state index in [9.17, 15) is 0 Å². The Morgan fingerprint density at radius 3 is 2.05 bits per heavy atom. The first-order valence-corrected chi connectivity index (χ1v) is 9.46. The third-order valence-electron chi connectivity index (χ3n) is 5.84. The normalized spacial score (nSPS) is 28.0. The van der Waals surface area contributed by atoms with E-state index in [2.05, 4.69) is 32.8 Å². The van der Waals surface area contributed by atoms with E-state index in [1.165, 1.54) is 77.0 Å². The minimum atomic E-state index is 0.273. The monoisotopic (exact) mass is 296 g/mol. The standard InChI is InChI=1S/C19H40N2/c1-5-6-7-8-9-10-11-12-18(20)19(21(3)4)15-13-17(2)14-16-19/h17-18H,5-16,20H2,1-4H3. The van der Waals surface area contributed by atoms with Gasteiger partial charge in [-0.05, 0) is 52.1 Å². The highest BCUT2D eigenvalue weighted by Crippen LogP contribution is 2.38. The molecule has 1 aliphatic carbocycles. The summed E-state index contributed by atoms with van der Waals surface area (Å²) in [6.07, 6.45) is 16.2. The summed E-state index contributed by atoms with van der Waals surface area (Å²) in [5.74, 6) is 0.892. The molecule has 1 fully saturated rings. The van der Waals surface area contributed by atoms with Crippen molar-refractivity contribution < 1.29 is 0 Å². The lowest BCUT2D eigenvalue weighted by Crippen LogP contribution is -2.58. The van der Waals surface area contributed by atoms with Crippen molar-refractivity contribution in [2.24, 2.45) is 11.7 Å². The van der Waals surface area contributed by atoms with Crippen LogP contribution in [0.2, 0.25) is 0 Å². The summed E-state index contributed by atoms with van der Waals surface area (Å²) >= 11 is 0. The molecule has 1 aliphatic rings. The molecule has 0 spiro atoms. The lowest BCUT2D eigenvalue weighted by atomic mass is 9.71. The number of nitrogens with two attached hydrogens (primary N) is 1. The second-order valence-electron chi connectivity index (χ2n) is 7.70. The van der Waals surface area contributed by atoms with Gasteiger partial charge in [-0.2, -0.15) is 0 Å². The van der Waals surface area contributed by atoms with E-state index in [1.807, 2.05) is 0 Å². The molecule has 0 aromatic rings. The van der Waals surface area contributed by atoms with Crippen LogP contribution < -0.4 is 5.73 Å². The van der Waals surface area contributed by atoms with Gasteiger partial charge in [0, 0.05) is 11.6 Å². The Kier molecular flexibility index (Phi) is 8.89. The molecule has 0 aliphatic heterocycles. The lowest BCUT2D eigenvalue weighted by Gasteiger charge is -2.48. The first kappa shape index (κ1) is 19.0. The highest BCUT2D eigenvalue weighted by Gasteiger charge is 2.40. The third kappa shape index (κ3) is 5.90. The smallest absolute Gasteiger partial charge is 0.0354 e. The van der Waals surface area contributed by atoms with Gasteiger partial charge in [0.05, 0.1) is 0 Å². The SMILES string of the molecule is CCCCCCCCCC(N)C1(N(C)C)CCC(C)CC1. The van der Waals surface area contributed by atoms with Crippen LogP contribution in [0.15, 0.2) is 0 Å². The summed E-state index contributed by atoms with van der Waals surface area (Å²) < 4.78 is 0. The van der Waals surface area contributed by atoms with Crippen molar-refractivity contribution in [3.05, 3.63) is 0 Å². The van der Waals surface area contributed by atoms with Gasteiger partial charge in [-0.15, -0.1) is 0 Å². The fraction of sp³-hybridized carbons (Fsp3) is 1.00. The predicted molar refractivity (Wildman–Crippen MR) is 94.6 cm³/mol. The molecule has 1 atom stereocenters. The van der Waals surface area contributed by atoms with E-state index in [1.54, 1.807) is 0 Å². The van der Waals surface area contributed by atoms with Gasteiger partial charge in [0.2, 0.25) is 0 Å². The largest absolute Gasteiger partial charge is 0.326 e. The van der Waals surface area contributed by atoms with Crippen LogP contribution >= 0.6 is 0 Å². The molecule has 0 heterocycles. The van der Waals surface area contributed by atoms with E-state index in [0.29, 0.717) is 6.04 Å². The van der Waals surface area contributed by atoms with Crippen LogP contribution in [0, 0.1) is 5.92 Å². The van der Waals surface area contributed by atoms with Crippen LogP contribution in [0.25, 0.3) is 0 Å². The van der Waals surface area contributed by atoms with Crippen LogP contribution in [0.3, 0.4) is 0 Å². The number of rotatable bonds is 10. The van der Waals surface area contributed by atoms with Gasteiger partial charge in [0.1, 0.15) is 0 Å². The Morgan fingerprint density at radius 2 is 1.52 bits per heavy atom. The second-order valence-corrected chi connectivity index (χ2v) is 7.70. The van der Waals surface area contributed by atoms with Crippen LogP contribution in [-0.4, -0.2) is 30.6 Å². The van der Waals surface area contributed by atoms with Crippen molar-refractivity contribution in [3.63, 3.8) is 0 Å². The lowest BCUT2D eigenvalue weighted by molar-refractivity contribution is 0.0531. The summed E-state index contributed by atoms with van der Waals surface area (Å²) in [5, 5.41) is 0. The maximum absolute atomic E-state index is 6.65. The molecule has 1 rings (SSSR count). The predicted octanol–water partition coefficient (Wildman–Crippen LogP) is 4.96. The Balaban J connectivity index is 2.29. The molecule has 1 saturated carbocycles. The van der Waals surface area contributed by atoms with Crippen molar-refractivity contribution in [1.82, 2.24) is 4.90 Å². The van der Waals surface area contributed by atoms with Crippen molar-refractivity contribution in [2.75, 3.05) is 14.1 Å². The molecule has 2 heteroatoms. The maximum Gasteiger partial charge on any atom is 0.0354 e. The van der Waals surface area contributed by atoms with Gasteiger partial charge in [-0.25, -0.2) is 0 Å². The van der Waals surface area contributed by atoms with Gasteiger partial charge < -0.3 is 10.6 Å². The molecule has 0 saturated heterocycles. The zero-order chi connectivity index (χ0) is 15.7. The zero-order valence-electron chi connectivity index (χ0n) is 15.2. The summed E-state index contributed by atoms with van der Waals surface area (Å²) in [7, 11) is 4.47. The topological polar surface area (TPSA) is 29.3 Å². The van der Waals surface area contributed by atoms with Crippen LogP contribution in [0.1, 0.15) is 90.9 Å². The maximum atomic E-state index is 6.65. The molecule has 21 heavy (non-hydrogen) atoms. The van der Waals surface area contributed by atoms with Crippen molar-refractivity contribution in [2.45, 2.75) is 102 Å². The van der Waals surface area contributed by atoms with Gasteiger partial charge >= 0.3 is 0 Å². The number of likely N-dealkylation sites (N-methyl/N-ethyl adjacent to an activating group) is 1. The Morgan fingerprint density at radius 1 is 1.00 bits per heavy atom. The Bertz CT molecular complexity index is 254. The van der Waals surface area contributed by atoms with E-state index in [0.717, 1.165) is 5.92 Å². The quantitative estimate of drug-likeness (QED) is 0.577. The molecule has 2 N–H and O–H groups in total. The van der Waals surface area contributed by atoms with Crippen LogP contribution in [-0.2, 0) is 0 Å². The summed E-state index contributed by atoms with van der Waals surface area (Å²) in [6, 6.07) is 0.357. The minimum absolute atomic E-state index is 0.273. The van der Waals surface area contributed by atoms with Gasteiger partial charge in [0.25, 0.3) is 0 Å². The van der Waals surface area contributed by atoms with Gasteiger partial charge in [0.15, 0.2) is 0 Å². The molecule has 2 nitrogen and oxygen atoms in total. The summed E-state index contributed by atoms with van der Waals surface area (Å²) in [4.78, 5) is 2.44. The number of nitrogens with zero attached hydrogens (tertiary/aromatic N) is 1. The molecule has 126 valence electrons. The Labute approximate surface area is 133 Å². The molecule has 0 bridgehead atoms. The highest BCUT2D eigenvalue weighted by atomic mass is 15.2. The van der Waals surface area contributed by atoms with Crippen LogP contribution in [0.5, 0.6) is 0 Å². The van der Waals surface area contributed by atoms with E-state index >= 15 is 0 Å². The molecular formula is C19H40N2. The molecule has 0 aromatic heterocycles. The first-order chi connectivity index (χ1) is 10.0. The average Bonchev–Trinajstić information content (AvgIpc) is 2.46. The number of hydrogen-bond donors (Lipinski definition) is 1. The van der Waals surface area contributed by atoms with E-state index in [-0.39, 0.29) is 5.54 Å². The average molecular weight is 297 g/mol. The van der Waals surface area contributed by atoms with Gasteiger partial charge in [-0.3, -0.25) is 0 Å². The summed E-state index contributed by atoms with van der Waals surface area (Å²) in [6.45, 7) is 4.67. The third-order valence-corrected chi connectivity index (χ3v) is 5.84. The van der Waals surface area contributed by atoms with Crippen LogP contribution in [0.4, 0.5) is 0 Å². The highest BCUT2D eigenvalue weighted by molar-refractivity contribution is 4.99. The minimum Gasteiger partial charge on any atom is -0.326 e. The molecular weight excluding hydrogens is 256 g/mol.